The van der Waals surface area contributed by atoms with Crippen molar-refractivity contribution < 1.29 is 14.3 Å². The molecule has 29 heavy (non-hydrogen) atoms. The predicted octanol–water partition coefficient (Wildman–Crippen LogP) is 4.56. The molecule has 1 N–H and O–H groups in total. The van der Waals surface area contributed by atoms with Crippen LogP contribution >= 0.6 is 23.5 Å². The maximum atomic E-state index is 12.2. The number of ether oxygens (including phenoxy) is 1. The molecule has 0 saturated carbocycles. The monoisotopic (exact) mass is 428 g/mol. The third-order valence-electron chi connectivity index (χ3n) is 5.00. The van der Waals surface area contributed by atoms with Gasteiger partial charge in [0.25, 0.3) is 5.91 Å². The highest BCUT2D eigenvalue weighted by Gasteiger charge is 2.19. The zero-order valence-corrected chi connectivity index (χ0v) is 17.8. The van der Waals surface area contributed by atoms with E-state index in [0.717, 1.165) is 24.6 Å². The van der Waals surface area contributed by atoms with Gasteiger partial charge in [0.15, 0.2) is 6.61 Å². The van der Waals surface area contributed by atoms with Gasteiger partial charge in [0.1, 0.15) is 0 Å². The van der Waals surface area contributed by atoms with Crippen LogP contribution in [0.2, 0.25) is 0 Å². The maximum absolute atomic E-state index is 12.2. The van der Waals surface area contributed by atoms with Crippen molar-refractivity contribution in [3.8, 4) is 0 Å². The van der Waals surface area contributed by atoms with E-state index < -0.39 is 5.97 Å². The Kier molecular flexibility index (Phi) is 6.67. The summed E-state index contributed by atoms with van der Waals surface area (Å²) in [6.45, 7) is 1.87. The highest BCUT2D eigenvalue weighted by molar-refractivity contribution is 8.19. The minimum atomic E-state index is -0.484. The van der Waals surface area contributed by atoms with E-state index in [0.29, 0.717) is 15.8 Å². The minimum Gasteiger partial charge on any atom is -0.452 e. The predicted molar refractivity (Wildman–Crippen MR) is 121 cm³/mol. The van der Waals surface area contributed by atoms with Gasteiger partial charge in [-0.1, -0.05) is 12.1 Å². The smallest absolute Gasteiger partial charge is 0.338 e. The van der Waals surface area contributed by atoms with Gasteiger partial charge in [-0.3, -0.25) is 4.79 Å². The molecule has 7 heteroatoms. The van der Waals surface area contributed by atoms with Gasteiger partial charge >= 0.3 is 5.97 Å². The first-order chi connectivity index (χ1) is 14.2. The van der Waals surface area contributed by atoms with Crippen molar-refractivity contribution in [2.75, 3.05) is 41.4 Å². The van der Waals surface area contributed by atoms with Gasteiger partial charge in [-0.25, -0.2) is 4.79 Å². The lowest BCUT2D eigenvalue weighted by Gasteiger charge is -2.17. The zero-order chi connectivity index (χ0) is 20.1. The van der Waals surface area contributed by atoms with Crippen LogP contribution in [0.3, 0.4) is 0 Å². The van der Waals surface area contributed by atoms with Crippen LogP contribution in [0.5, 0.6) is 0 Å². The van der Waals surface area contributed by atoms with Crippen molar-refractivity contribution in [3.05, 3.63) is 59.7 Å². The second kappa shape index (κ2) is 9.59. The molecular formula is C22H24N2O3S2. The van der Waals surface area contributed by atoms with Gasteiger partial charge < -0.3 is 15.0 Å². The summed E-state index contributed by atoms with van der Waals surface area (Å²) >= 11 is 3.85. The Morgan fingerprint density at radius 3 is 2.28 bits per heavy atom. The lowest BCUT2D eigenvalue weighted by molar-refractivity contribution is -0.119. The number of amides is 1. The number of rotatable bonds is 6. The molecule has 2 aliphatic rings. The normalized spacial score (nSPS) is 16.8. The summed E-state index contributed by atoms with van der Waals surface area (Å²) in [5.41, 5.74) is 3.54. The van der Waals surface area contributed by atoms with Gasteiger partial charge in [0, 0.05) is 36.0 Å². The number of carbonyl (C=O) groups excluding carboxylic acids is 2. The van der Waals surface area contributed by atoms with Gasteiger partial charge in [-0.15, -0.1) is 23.5 Å². The van der Waals surface area contributed by atoms with Gasteiger partial charge in [-0.2, -0.15) is 0 Å². The van der Waals surface area contributed by atoms with E-state index in [1.807, 2.05) is 59.9 Å². The summed E-state index contributed by atoms with van der Waals surface area (Å²) in [5, 5.41) is 2.77. The first-order valence-electron chi connectivity index (χ1n) is 9.84. The summed E-state index contributed by atoms with van der Waals surface area (Å²) in [5.74, 6) is 1.50. The first kappa shape index (κ1) is 20.2. The molecule has 2 aliphatic heterocycles. The number of anilines is 2. The van der Waals surface area contributed by atoms with Crippen LogP contribution in [0, 0.1) is 0 Å². The molecule has 0 atom stereocenters. The lowest BCUT2D eigenvalue weighted by atomic mass is 10.1. The van der Waals surface area contributed by atoms with Crippen molar-refractivity contribution >= 4 is 46.8 Å². The van der Waals surface area contributed by atoms with Crippen LogP contribution in [0.25, 0.3) is 0 Å². The summed E-state index contributed by atoms with van der Waals surface area (Å²) in [4.78, 5) is 26.7. The van der Waals surface area contributed by atoms with Crippen molar-refractivity contribution in [1.82, 2.24) is 0 Å². The Bertz CT molecular complexity index is 843. The molecule has 0 aromatic heterocycles. The average molecular weight is 429 g/mol. The third-order valence-corrected chi connectivity index (χ3v) is 8.10. The Labute approximate surface area is 179 Å². The minimum absolute atomic E-state index is 0.303. The molecule has 2 fully saturated rings. The van der Waals surface area contributed by atoms with Crippen molar-refractivity contribution in [3.63, 3.8) is 0 Å². The van der Waals surface area contributed by atoms with E-state index >= 15 is 0 Å². The summed E-state index contributed by atoms with van der Waals surface area (Å²) in [7, 11) is 0. The Balaban J connectivity index is 1.25. The third kappa shape index (κ3) is 5.28. The molecule has 2 heterocycles. The number of hydrogen-bond donors (Lipinski definition) is 1. The highest BCUT2D eigenvalue weighted by Crippen LogP contribution is 2.45. The van der Waals surface area contributed by atoms with E-state index in [2.05, 4.69) is 10.2 Å². The molecule has 0 unspecified atom stereocenters. The van der Waals surface area contributed by atoms with Gasteiger partial charge in [0.2, 0.25) is 0 Å². The number of nitrogens with one attached hydrogen (secondary N) is 1. The maximum Gasteiger partial charge on any atom is 0.338 e. The standard InChI is InChI=1S/C22H24N2O3S2/c25-20(23-18-7-9-19(10-8-18)24-11-1-2-12-24)15-27-21(26)16-3-5-17(6-4-16)22-28-13-14-29-22/h3-10,22H,1-2,11-15H2,(H,23,25). The fourth-order valence-electron chi connectivity index (χ4n) is 3.47. The zero-order valence-electron chi connectivity index (χ0n) is 16.1. The number of hydrogen-bond acceptors (Lipinski definition) is 6. The number of nitrogens with zero attached hydrogens (tertiary/aromatic N) is 1. The largest absolute Gasteiger partial charge is 0.452 e. The second-order valence-corrected chi connectivity index (χ2v) is 9.79. The van der Waals surface area contributed by atoms with Crippen LogP contribution in [0.1, 0.15) is 33.3 Å². The molecule has 2 saturated heterocycles. The second-order valence-electron chi connectivity index (χ2n) is 7.06. The van der Waals surface area contributed by atoms with Gasteiger partial charge in [0.05, 0.1) is 10.1 Å². The van der Waals surface area contributed by atoms with E-state index in [1.54, 1.807) is 12.1 Å². The topological polar surface area (TPSA) is 58.6 Å². The van der Waals surface area contributed by atoms with E-state index in [9.17, 15) is 9.59 Å². The molecule has 0 radical (unpaired) electrons. The molecule has 5 nitrogen and oxygen atoms in total. The molecule has 0 bridgehead atoms. The molecule has 1 amide bonds. The number of thioether (sulfide) groups is 2. The number of carbonyl (C=O) groups is 2. The van der Waals surface area contributed by atoms with Crippen molar-refractivity contribution in [2.24, 2.45) is 0 Å². The Hall–Kier alpha value is -2.12. The van der Waals surface area contributed by atoms with E-state index in [-0.39, 0.29) is 12.5 Å². The van der Waals surface area contributed by atoms with Crippen LogP contribution in [-0.4, -0.2) is 43.1 Å². The molecule has 0 aliphatic carbocycles. The van der Waals surface area contributed by atoms with Crippen molar-refractivity contribution in [2.45, 2.75) is 17.4 Å². The van der Waals surface area contributed by atoms with Crippen LogP contribution < -0.4 is 10.2 Å². The Morgan fingerprint density at radius 1 is 0.966 bits per heavy atom. The highest BCUT2D eigenvalue weighted by atomic mass is 32.2. The fraction of sp³-hybridized carbons (Fsp3) is 0.364. The van der Waals surface area contributed by atoms with Crippen LogP contribution in [0.4, 0.5) is 11.4 Å². The molecule has 2 aromatic rings. The fourth-order valence-corrected chi connectivity index (χ4v) is 6.33. The lowest BCUT2D eigenvalue weighted by Crippen LogP contribution is -2.21. The number of benzene rings is 2. The SMILES string of the molecule is O=C(COC(=O)c1ccc(C2SCCS2)cc1)Nc1ccc(N2CCCC2)cc1. The number of esters is 1. The molecule has 0 spiro atoms. The molecule has 2 aromatic carbocycles. The molecule has 4 rings (SSSR count). The van der Waals surface area contributed by atoms with E-state index in [1.165, 1.54) is 24.1 Å². The summed E-state index contributed by atoms with van der Waals surface area (Å²) < 4.78 is 5.61. The van der Waals surface area contributed by atoms with Gasteiger partial charge in [-0.05, 0) is 54.8 Å². The molecule has 152 valence electrons. The van der Waals surface area contributed by atoms with Crippen LogP contribution in [0.15, 0.2) is 48.5 Å². The van der Waals surface area contributed by atoms with Crippen LogP contribution in [-0.2, 0) is 9.53 Å². The quantitative estimate of drug-likeness (QED) is 0.681. The Morgan fingerprint density at radius 2 is 1.62 bits per heavy atom. The van der Waals surface area contributed by atoms with E-state index in [4.69, 9.17) is 4.74 Å². The summed E-state index contributed by atoms with van der Waals surface area (Å²) in [6, 6.07) is 15.3. The summed E-state index contributed by atoms with van der Waals surface area (Å²) in [6.07, 6.45) is 2.45. The average Bonchev–Trinajstić information content (AvgIpc) is 3.47. The van der Waals surface area contributed by atoms with Crippen molar-refractivity contribution in [1.29, 1.82) is 0 Å². The first-order valence-corrected chi connectivity index (χ1v) is 11.9. The molecular weight excluding hydrogens is 404 g/mol.